The van der Waals surface area contributed by atoms with E-state index >= 15 is 0 Å². The van der Waals surface area contributed by atoms with E-state index in [0.29, 0.717) is 11.4 Å². The number of carbonyl (C=O) groups excluding carboxylic acids is 1. The average Bonchev–Trinajstić information content (AvgIpc) is 2.80. The number of halogens is 1. The predicted molar refractivity (Wildman–Crippen MR) is 67.0 cm³/mol. The van der Waals surface area contributed by atoms with Crippen molar-refractivity contribution in [3.63, 3.8) is 0 Å². The molecule has 1 aliphatic heterocycles. The first kappa shape index (κ1) is 12.4. The van der Waals surface area contributed by atoms with E-state index < -0.39 is 0 Å². The van der Waals surface area contributed by atoms with Crippen LogP contribution in [0.25, 0.3) is 0 Å². The maximum atomic E-state index is 12.1. The van der Waals surface area contributed by atoms with Crippen LogP contribution in [0.2, 0.25) is 5.02 Å². The highest BCUT2D eigenvalue weighted by atomic mass is 35.5. The zero-order chi connectivity index (χ0) is 12.3. The van der Waals surface area contributed by atoms with Crippen LogP contribution in [0, 0.1) is 0 Å². The van der Waals surface area contributed by atoms with Crippen molar-refractivity contribution in [1.82, 2.24) is 4.90 Å². The molecule has 0 aromatic heterocycles. The second-order valence-corrected chi connectivity index (χ2v) is 4.81. The van der Waals surface area contributed by atoms with E-state index in [-0.39, 0.29) is 18.6 Å². The summed E-state index contributed by atoms with van der Waals surface area (Å²) in [4.78, 5) is 13.8. The molecule has 0 bridgehead atoms. The van der Waals surface area contributed by atoms with Gasteiger partial charge in [0.25, 0.3) is 0 Å². The van der Waals surface area contributed by atoms with Crippen molar-refractivity contribution >= 4 is 17.5 Å². The summed E-state index contributed by atoms with van der Waals surface area (Å²) in [5.41, 5.74) is 0.961. The van der Waals surface area contributed by atoms with Crippen LogP contribution in [0.1, 0.15) is 18.4 Å². The fourth-order valence-electron chi connectivity index (χ4n) is 2.23. The van der Waals surface area contributed by atoms with Crippen molar-refractivity contribution in [2.24, 2.45) is 0 Å². The molecule has 1 N–H and O–H groups in total. The Morgan fingerprint density at radius 3 is 2.76 bits per heavy atom. The van der Waals surface area contributed by atoms with E-state index in [1.165, 1.54) is 0 Å². The summed E-state index contributed by atoms with van der Waals surface area (Å²) in [6.07, 6.45) is 2.27. The summed E-state index contributed by atoms with van der Waals surface area (Å²) in [6, 6.07) is 7.32. The standard InChI is InChI=1S/C13H16ClNO2/c14-11-5-3-10(4-6-11)8-13(17)15-7-1-2-12(15)9-16/h3-6,12,16H,1-2,7-9H2/t12-/m0/s1. The minimum absolute atomic E-state index is 0.00907. The summed E-state index contributed by atoms with van der Waals surface area (Å²) >= 11 is 5.79. The quantitative estimate of drug-likeness (QED) is 0.893. The lowest BCUT2D eigenvalue weighted by Crippen LogP contribution is -2.38. The molecule has 17 heavy (non-hydrogen) atoms. The van der Waals surface area contributed by atoms with Crippen molar-refractivity contribution < 1.29 is 9.90 Å². The zero-order valence-corrected chi connectivity index (χ0v) is 10.4. The molecular weight excluding hydrogens is 238 g/mol. The molecule has 1 aliphatic rings. The fraction of sp³-hybridized carbons (Fsp3) is 0.462. The van der Waals surface area contributed by atoms with Gasteiger partial charge in [-0.15, -0.1) is 0 Å². The van der Waals surface area contributed by atoms with Crippen LogP contribution in [0.3, 0.4) is 0 Å². The molecule has 0 spiro atoms. The largest absolute Gasteiger partial charge is 0.394 e. The topological polar surface area (TPSA) is 40.5 Å². The molecule has 1 saturated heterocycles. The Labute approximate surface area is 106 Å². The monoisotopic (exact) mass is 253 g/mol. The minimum Gasteiger partial charge on any atom is -0.394 e. The number of benzene rings is 1. The Morgan fingerprint density at radius 1 is 1.41 bits per heavy atom. The van der Waals surface area contributed by atoms with Gasteiger partial charge in [-0.2, -0.15) is 0 Å². The maximum absolute atomic E-state index is 12.1. The molecule has 1 heterocycles. The lowest BCUT2D eigenvalue weighted by molar-refractivity contribution is -0.131. The third kappa shape index (κ3) is 2.99. The number of carbonyl (C=O) groups is 1. The number of aliphatic hydroxyl groups is 1. The highest BCUT2D eigenvalue weighted by molar-refractivity contribution is 6.30. The molecule has 4 heteroatoms. The van der Waals surface area contributed by atoms with Gasteiger partial charge in [0, 0.05) is 11.6 Å². The van der Waals surface area contributed by atoms with Crippen molar-refractivity contribution in [1.29, 1.82) is 0 Å². The van der Waals surface area contributed by atoms with Crippen molar-refractivity contribution in [2.45, 2.75) is 25.3 Å². The van der Waals surface area contributed by atoms with Crippen LogP contribution in [-0.2, 0) is 11.2 Å². The second-order valence-electron chi connectivity index (χ2n) is 4.37. The Bertz CT molecular complexity index is 391. The molecule has 0 radical (unpaired) electrons. The van der Waals surface area contributed by atoms with E-state index in [2.05, 4.69) is 0 Å². The summed E-state index contributed by atoms with van der Waals surface area (Å²) in [7, 11) is 0. The molecule has 3 nitrogen and oxygen atoms in total. The lowest BCUT2D eigenvalue weighted by atomic mass is 10.1. The molecule has 92 valence electrons. The van der Waals surface area contributed by atoms with Gasteiger partial charge >= 0.3 is 0 Å². The third-order valence-corrected chi connectivity index (χ3v) is 3.43. The van der Waals surface area contributed by atoms with Gasteiger partial charge in [-0.3, -0.25) is 4.79 Å². The van der Waals surface area contributed by atoms with E-state index in [1.54, 1.807) is 17.0 Å². The Morgan fingerprint density at radius 2 is 2.12 bits per heavy atom. The molecule has 0 saturated carbocycles. The van der Waals surface area contributed by atoms with Crippen LogP contribution >= 0.6 is 11.6 Å². The lowest BCUT2D eigenvalue weighted by Gasteiger charge is -2.23. The van der Waals surface area contributed by atoms with Gasteiger partial charge in [0.2, 0.25) is 5.91 Å². The van der Waals surface area contributed by atoms with Crippen molar-refractivity contribution in [2.75, 3.05) is 13.2 Å². The number of hydrogen-bond donors (Lipinski definition) is 1. The predicted octanol–water partition coefficient (Wildman–Crippen LogP) is 1.87. The number of rotatable bonds is 3. The molecule has 1 aromatic carbocycles. The van der Waals surface area contributed by atoms with Gasteiger partial charge in [0.1, 0.15) is 0 Å². The van der Waals surface area contributed by atoms with E-state index in [9.17, 15) is 9.90 Å². The van der Waals surface area contributed by atoms with E-state index in [4.69, 9.17) is 11.6 Å². The van der Waals surface area contributed by atoms with Crippen molar-refractivity contribution in [3.05, 3.63) is 34.9 Å². The van der Waals surface area contributed by atoms with Gasteiger partial charge in [-0.25, -0.2) is 0 Å². The maximum Gasteiger partial charge on any atom is 0.227 e. The van der Waals surface area contributed by atoms with Crippen LogP contribution < -0.4 is 0 Å². The number of hydrogen-bond acceptors (Lipinski definition) is 2. The van der Waals surface area contributed by atoms with Gasteiger partial charge in [-0.05, 0) is 30.5 Å². The summed E-state index contributed by atoms with van der Waals surface area (Å²) in [5, 5.41) is 9.85. The fourth-order valence-corrected chi connectivity index (χ4v) is 2.36. The summed E-state index contributed by atoms with van der Waals surface area (Å²) < 4.78 is 0. The first-order chi connectivity index (χ1) is 8.20. The van der Waals surface area contributed by atoms with Crippen LogP contribution in [0.5, 0.6) is 0 Å². The molecule has 0 aliphatic carbocycles. The molecule has 1 aromatic rings. The molecule has 1 fully saturated rings. The number of amides is 1. The smallest absolute Gasteiger partial charge is 0.227 e. The summed E-state index contributed by atoms with van der Waals surface area (Å²) in [5.74, 6) is 0.0869. The molecule has 1 amide bonds. The van der Waals surface area contributed by atoms with Crippen LogP contribution in [0.15, 0.2) is 24.3 Å². The molecular formula is C13H16ClNO2. The van der Waals surface area contributed by atoms with Gasteiger partial charge < -0.3 is 10.0 Å². The number of likely N-dealkylation sites (tertiary alicyclic amines) is 1. The SMILES string of the molecule is O=C(Cc1ccc(Cl)cc1)N1CCC[C@H]1CO. The Balaban J connectivity index is 1.99. The molecule has 0 unspecified atom stereocenters. The highest BCUT2D eigenvalue weighted by Crippen LogP contribution is 2.18. The summed E-state index contributed by atoms with van der Waals surface area (Å²) in [6.45, 7) is 0.823. The second kappa shape index (κ2) is 5.52. The van der Waals surface area contributed by atoms with Gasteiger partial charge in [-0.1, -0.05) is 23.7 Å². The average molecular weight is 254 g/mol. The van der Waals surface area contributed by atoms with Crippen LogP contribution in [0.4, 0.5) is 0 Å². The first-order valence-electron chi connectivity index (χ1n) is 5.85. The minimum atomic E-state index is 0.00907. The van der Waals surface area contributed by atoms with Crippen LogP contribution in [-0.4, -0.2) is 35.1 Å². The first-order valence-corrected chi connectivity index (χ1v) is 6.23. The normalized spacial score (nSPS) is 19.6. The van der Waals surface area contributed by atoms with Gasteiger partial charge in [0.15, 0.2) is 0 Å². The number of aliphatic hydroxyl groups excluding tert-OH is 1. The number of nitrogens with zero attached hydrogens (tertiary/aromatic N) is 1. The van der Waals surface area contributed by atoms with Gasteiger partial charge in [0.05, 0.1) is 19.1 Å². The van der Waals surface area contributed by atoms with Crippen molar-refractivity contribution in [3.8, 4) is 0 Å². The molecule has 2 rings (SSSR count). The van der Waals surface area contributed by atoms with E-state index in [0.717, 1.165) is 24.9 Å². The highest BCUT2D eigenvalue weighted by Gasteiger charge is 2.27. The third-order valence-electron chi connectivity index (χ3n) is 3.18. The molecule has 1 atom stereocenters. The zero-order valence-electron chi connectivity index (χ0n) is 9.60. The Kier molecular flexibility index (Phi) is 4.02. The van der Waals surface area contributed by atoms with E-state index in [1.807, 2.05) is 12.1 Å². The Hall–Kier alpha value is -1.06.